The molecular formula is C15H15FN2O2S. The van der Waals surface area contributed by atoms with Gasteiger partial charge in [0.2, 0.25) is 5.91 Å². The Balaban J connectivity index is 1.94. The van der Waals surface area contributed by atoms with Gasteiger partial charge in [0.1, 0.15) is 5.82 Å². The lowest BCUT2D eigenvalue weighted by molar-refractivity contribution is -0.121. The Morgan fingerprint density at radius 2 is 1.95 bits per heavy atom. The first-order valence-corrected chi connectivity index (χ1v) is 7.34. The molecule has 0 aliphatic heterocycles. The average molecular weight is 306 g/mol. The zero-order valence-electron chi connectivity index (χ0n) is 11.2. The van der Waals surface area contributed by atoms with Gasteiger partial charge in [-0.25, -0.2) is 4.39 Å². The highest BCUT2D eigenvalue weighted by molar-refractivity contribution is 7.08. The Morgan fingerprint density at radius 3 is 2.52 bits per heavy atom. The van der Waals surface area contributed by atoms with Gasteiger partial charge in [-0.1, -0.05) is 12.1 Å². The number of nitrogens with one attached hydrogen (secondary N) is 1. The second kappa shape index (κ2) is 6.99. The number of thiophene rings is 1. The van der Waals surface area contributed by atoms with Crippen LogP contribution in [0.15, 0.2) is 41.1 Å². The Labute approximate surface area is 125 Å². The van der Waals surface area contributed by atoms with E-state index in [-0.39, 0.29) is 18.3 Å². The monoisotopic (exact) mass is 306 g/mol. The molecule has 0 unspecified atom stereocenters. The van der Waals surface area contributed by atoms with Crippen molar-refractivity contribution >= 4 is 23.2 Å². The Morgan fingerprint density at radius 1 is 1.24 bits per heavy atom. The number of hydrogen-bond donors (Lipinski definition) is 2. The van der Waals surface area contributed by atoms with Crippen molar-refractivity contribution in [2.75, 3.05) is 6.54 Å². The molecule has 0 fully saturated rings. The summed E-state index contributed by atoms with van der Waals surface area (Å²) >= 11 is 1.42. The first-order valence-electron chi connectivity index (χ1n) is 6.40. The van der Waals surface area contributed by atoms with Crippen LogP contribution in [0.2, 0.25) is 0 Å². The van der Waals surface area contributed by atoms with Crippen LogP contribution >= 0.6 is 11.3 Å². The van der Waals surface area contributed by atoms with Crippen molar-refractivity contribution in [2.24, 2.45) is 11.7 Å². The van der Waals surface area contributed by atoms with E-state index in [1.165, 1.54) is 23.5 Å². The molecule has 1 aromatic carbocycles. The first-order chi connectivity index (χ1) is 10.1. The summed E-state index contributed by atoms with van der Waals surface area (Å²) in [6, 6.07) is 7.58. The highest BCUT2D eigenvalue weighted by Gasteiger charge is 2.17. The minimum absolute atomic E-state index is 0.154. The Bertz CT molecular complexity index is 611. The van der Waals surface area contributed by atoms with Crippen molar-refractivity contribution in [1.82, 2.24) is 5.32 Å². The predicted octanol–water partition coefficient (Wildman–Crippen LogP) is 1.96. The smallest absolute Gasteiger partial charge is 0.252 e. The number of amides is 2. The van der Waals surface area contributed by atoms with Crippen molar-refractivity contribution in [1.29, 1.82) is 0 Å². The molecule has 6 heteroatoms. The molecule has 0 bridgehead atoms. The molecular weight excluding hydrogens is 291 g/mol. The number of primary amides is 1. The lowest BCUT2D eigenvalue weighted by atomic mass is 9.98. The molecule has 110 valence electrons. The highest BCUT2D eigenvalue weighted by Crippen LogP contribution is 2.10. The van der Waals surface area contributed by atoms with Crippen LogP contribution in [-0.4, -0.2) is 18.4 Å². The van der Waals surface area contributed by atoms with Gasteiger partial charge in [-0.2, -0.15) is 11.3 Å². The van der Waals surface area contributed by atoms with Crippen LogP contribution < -0.4 is 11.1 Å². The molecule has 4 nitrogen and oxygen atoms in total. The highest BCUT2D eigenvalue weighted by atomic mass is 32.1. The summed E-state index contributed by atoms with van der Waals surface area (Å²) in [6.45, 7) is 0.154. The van der Waals surface area contributed by atoms with Gasteiger partial charge in [0, 0.05) is 17.5 Å². The number of benzene rings is 1. The second-order valence-electron chi connectivity index (χ2n) is 4.65. The topological polar surface area (TPSA) is 72.2 Å². The van der Waals surface area contributed by atoms with E-state index in [4.69, 9.17) is 5.73 Å². The van der Waals surface area contributed by atoms with E-state index in [0.717, 1.165) is 5.56 Å². The van der Waals surface area contributed by atoms with Crippen LogP contribution in [0.25, 0.3) is 0 Å². The molecule has 0 saturated heterocycles. The average Bonchev–Trinajstić information content (AvgIpc) is 2.99. The fourth-order valence-corrected chi connectivity index (χ4v) is 2.53. The molecule has 0 saturated carbocycles. The summed E-state index contributed by atoms with van der Waals surface area (Å²) in [5.74, 6) is -1.59. The maximum absolute atomic E-state index is 12.8. The number of nitrogens with two attached hydrogens (primary N) is 1. The number of carbonyl (C=O) groups excluding carboxylic acids is 2. The predicted molar refractivity (Wildman–Crippen MR) is 79.4 cm³/mol. The van der Waals surface area contributed by atoms with Crippen LogP contribution in [-0.2, 0) is 11.2 Å². The molecule has 0 radical (unpaired) electrons. The summed E-state index contributed by atoms with van der Waals surface area (Å²) in [5.41, 5.74) is 6.71. The Hall–Kier alpha value is -2.21. The molecule has 1 heterocycles. The zero-order valence-corrected chi connectivity index (χ0v) is 12.0. The summed E-state index contributed by atoms with van der Waals surface area (Å²) in [7, 11) is 0. The van der Waals surface area contributed by atoms with Gasteiger partial charge in [0.25, 0.3) is 5.91 Å². The lowest BCUT2D eigenvalue weighted by Gasteiger charge is -2.14. The molecule has 1 aromatic heterocycles. The zero-order chi connectivity index (χ0) is 15.2. The van der Waals surface area contributed by atoms with E-state index in [0.29, 0.717) is 12.0 Å². The maximum Gasteiger partial charge on any atom is 0.252 e. The van der Waals surface area contributed by atoms with Crippen LogP contribution in [0.3, 0.4) is 0 Å². The number of hydrogen-bond acceptors (Lipinski definition) is 3. The van der Waals surface area contributed by atoms with Crippen LogP contribution in [0.4, 0.5) is 4.39 Å². The lowest BCUT2D eigenvalue weighted by Crippen LogP contribution is -2.37. The van der Waals surface area contributed by atoms with E-state index in [2.05, 4.69) is 5.32 Å². The quantitative estimate of drug-likeness (QED) is 0.856. The molecule has 0 spiro atoms. The maximum atomic E-state index is 12.8. The molecule has 2 aromatic rings. The molecule has 0 aliphatic rings. The normalized spacial score (nSPS) is 11.9. The van der Waals surface area contributed by atoms with Gasteiger partial charge in [-0.05, 0) is 35.6 Å². The first kappa shape index (κ1) is 15.2. The van der Waals surface area contributed by atoms with Gasteiger partial charge in [0.15, 0.2) is 0 Å². The third-order valence-electron chi connectivity index (χ3n) is 3.09. The SMILES string of the molecule is NC(=O)[C@@H](CNC(=O)c1ccsc1)Cc1ccc(F)cc1. The van der Waals surface area contributed by atoms with Crippen molar-refractivity contribution in [3.63, 3.8) is 0 Å². The molecule has 3 N–H and O–H groups in total. The molecule has 2 rings (SSSR count). The fraction of sp³-hybridized carbons (Fsp3) is 0.200. The van der Waals surface area contributed by atoms with Gasteiger partial charge < -0.3 is 11.1 Å². The number of halogens is 1. The standard InChI is InChI=1S/C15H15FN2O2S/c16-13-3-1-10(2-4-13)7-12(14(17)19)8-18-15(20)11-5-6-21-9-11/h1-6,9,12H,7-8H2,(H2,17,19)(H,18,20)/t12-/m1/s1. The third-order valence-corrected chi connectivity index (χ3v) is 3.77. The summed E-state index contributed by atoms with van der Waals surface area (Å²) in [6.07, 6.45) is 0.361. The Kier molecular flexibility index (Phi) is 5.05. The third kappa shape index (κ3) is 4.39. The van der Waals surface area contributed by atoms with E-state index in [1.807, 2.05) is 0 Å². The summed E-state index contributed by atoms with van der Waals surface area (Å²) in [4.78, 5) is 23.3. The van der Waals surface area contributed by atoms with Crippen molar-refractivity contribution < 1.29 is 14.0 Å². The molecule has 0 aliphatic carbocycles. The van der Waals surface area contributed by atoms with Crippen molar-refractivity contribution in [2.45, 2.75) is 6.42 Å². The van der Waals surface area contributed by atoms with E-state index in [1.54, 1.807) is 29.0 Å². The van der Waals surface area contributed by atoms with Gasteiger partial charge in [0.05, 0.1) is 5.92 Å². The van der Waals surface area contributed by atoms with Gasteiger partial charge in [-0.15, -0.1) is 0 Å². The molecule has 1 atom stereocenters. The van der Waals surface area contributed by atoms with Gasteiger partial charge >= 0.3 is 0 Å². The minimum Gasteiger partial charge on any atom is -0.369 e. The van der Waals surface area contributed by atoms with E-state index >= 15 is 0 Å². The summed E-state index contributed by atoms with van der Waals surface area (Å²) < 4.78 is 12.8. The van der Waals surface area contributed by atoms with Gasteiger partial charge in [-0.3, -0.25) is 9.59 Å². The van der Waals surface area contributed by atoms with E-state index in [9.17, 15) is 14.0 Å². The van der Waals surface area contributed by atoms with Crippen LogP contribution in [0.1, 0.15) is 15.9 Å². The number of rotatable bonds is 6. The van der Waals surface area contributed by atoms with E-state index < -0.39 is 11.8 Å². The van der Waals surface area contributed by atoms with Crippen molar-refractivity contribution in [3.8, 4) is 0 Å². The number of carbonyl (C=O) groups is 2. The fourth-order valence-electron chi connectivity index (χ4n) is 1.89. The largest absolute Gasteiger partial charge is 0.369 e. The van der Waals surface area contributed by atoms with Crippen LogP contribution in [0.5, 0.6) is 0 Å². The van der Waals surface area contributed by atoms with Crippen molar-refractivity contribution in [3.05, 3.63) is 58.0 Å². The van der Waals surface area contributed by atoms with Crippen LogP contribution in [0, 0.1) is 11.7 Å². The second-order valence-corrected chi connectivity index (χ2v) is 5.43. The minimum atomic E-state index is -0.530. The molecule has 21 heavy (non-hydrogen) atoms. The molecule has 2 amide bonds. The summed E-state index contributed by atoms with van der Waals surface area (Å²) in [5, 5.41) is 6.23.